The van der Waals surface area contributed by atoms with E-state index in [0.717, 1.165) is 11.1 Å². The van der Waals surface area contributed by atoms with Gasteiger partial charge in [0, 0.05) is 24.7 Å². The summed E-state index contributed by atoms with van der Waals surface area (Å²) < 4.78 is 13.1. The van der Waals surface area contributed by atoms with Crippen LogP contribution in [0.3, 0.4) is 0 Å². The Hall–Kier alpha value is -3.06. The van der Waals surface area contributed by atoms with Crippen LogP contribution in [0.2, 0.25) is 0 Å². The van der Waals surface area contributed by atoms with E-state index in [4.69, 9.17) is 5.73 Å². The Morgan fingerprint density at radius 1 is 1.19 bits per heavy atom. The van der Waals surface area contributed by atoms with Crippen LogP contribution >= 0.6 is 11.3 Å². The Labute approximate surface area is 160 Å². The first-order valence-electron chi connectivity index (χ1n) is 8.22. The van der Waals surface area contributed by atoms with Crippen molar-refractivity contribution in [1.82, 2.24) is 9.88 Å². The SMILES string of the molecule is Cc1nc(-c2ccc(F)cc2)sc1C(=O)N(C)Cc1cccc(C(N)=O)c1. The molecule has 5 nitrogen and oxygen atoms in total. The number of amides is 2. The molecule has 0 aliphatic carbocycles. The standard InChI is InChI=1S/C20H18FN3O2S/c1-12-17(27-19(23-12)14-6-8-16(21)9-7-14)20(26)24(2)11-13-4-3-5-15(10-13)18(22)25/h3-10H,11H2,1-2H3,(H2,22,25). The fourth-order valence-electron chi connectivity index (χ4n) is 2.65. The Kier molecular flexibility index (Phi) is 5.32. The fourth-order valence-corrected chi connectivity index (χ4v) is 3.72. The van der Waals surface area contributed by atoms with Crippen molar-refractivity contribution >= 4 is 23.2 Å². The van der Waals surface area contributed by atoms with E-state index in [2.05, 4.69) is 4.98 Å². The summed E-state index contributed by atoms with van der Waals surface area (Å²) in [7, 11) is 1.69. The lowest BCUT2D eigenvalue weighted by Crippen LogP contribution is -2.26. The van der Waals surface area contributed by atoms with E-state index in [-0.39, 0.29) is 11.7 Å². The minimum absolute atomic E-state index is 0.164. The number of nitrogens with two attached hydrogens (primary N) is 1. The van der Waals surface area contributed by atoms with Gasteiger partial charge in [0.25, 0.3) is 5.91 Å². The second kappa shape index (κ2) is 7.67. The highest BCUT2D eigenvalue weighted by atomic mass is 32.1. The highest BCUT2D eigenvalue weighted by molar-refractivity contribution is 7.17. The summed E-state index contributed by atoms with van der Waals surface area (Å²) in [6.45, 7) is 2.11. The van der Waals surface area contributed by atoms with Gasteiger partial charge in [-0.25, -0.2) is 9.37 Å². The van der Waals surface area contributed by atoms with Crippen LogP contribution in [-0.2, 0) is 6.54 Å². The van der Waals surface area contributed by atoms with E-state index < -0.39 is 5.91 Å². The number of carbonyl (C=O) groups is 2. The monoisotopic (exact) mass is 383 g/mol. The molecule has 0 atom stereocenters. The molecule has 1 heterocycles. The molecule has 0 spiro atoms. The van der Waals surface area contributed by atoms with Crippen LogP contribution in [0.1, 0.15) is 31.3 Å². The van der Waals surface area contributed by atoms with Crippen molar-refractivity contribution in [3.05, 3.63) is 76.0 Å². The van der Waals surface area contributed by atoms with E-state index in [0.29, 0.717) is 27.7 Å². The number of halogens is 1. The molecule has 0 saturated carbocycles. The first-order chi connectivity index (χ1) is 12.8. The van der Waals surface area contributed by atoms with Gasteiger partial charge in [0.1, 0.15) is 15.7 Å². The van der Waals surface area contributed by atoms with Gasteiger partial charge in [0.15, 0.2) is 0 Å². The summed E-state index contributed by atoms with van der Waals surface area (Å²) in [5.41, 5.74) is 7.91. The largest absolute Gasteiger partial charge is 0.366 e. The summed E-state index contributed by atoms with van der Waals surface area (Å²) in [6, 6.07) is 12.9. The van der Waals surface area contributed by atoms with Crippen molar-refractivity contribution in [1.29, 1.82) is 0 Å². The van der Waals surface area contributed by atoms with Gasteiger partial charge in [-0.15, -0.1) is 11.3 Å². The van der Waals surface area contributed by atoms with Crippen molar-refractivity contribution in [3.8, 4) is 10.6 Å². The minimum atomic E-state index is -0.506. The van der Waals surface area contributed by atoms with Crippen LogP contribution in [0.15, 0.2) is 48.5 Å². The van der Waals surface area contributed by atoms with E-state index in [1.165, 1.54) is 23.5 Å². The Morgan fingerprint density at radius 2 is 1.89 bits per heavy atom. The Balaban J connectivity index is 1.80. The van der Waals surface area contributed by atoms with Gasteiger partial charge in [0.2, 0.25) is 5.91 Å². The van der Waals surface area contributed by atoms with Crippen LogP contribution in [0, 0.1) is 12.7 Å². The van der Waals surface area contributed by atoms with Gasteiger partial charge in [-0.1, -0.05) is 12.1 Å². The summed E-state index contributed by atoms with van der Waals surface area (Å²) in [4.78, 5) is 30.7. The average molecular weight is 383 g/mol. The number of hydrogen-bond acceptors (Lipinski definition) is 4. The second-order valence-electron chi connectivity index (χ2n) is 6.17. The molecule has 0 bridgehead atoms. The highest BCUT2D eigenvalue weighted by Gasteiger charge is 2.20. The van der Waals surface area contributed by atoms with Crippen molar-refractivity contribution in [2.75, 3.05) is 7.05 Å². The van der Waals surface area contributed by atoms with Crippen LogP contribution < -0.4 is 5.73 Å². The lowest BCUT2D eigenvalue weighted by molar-refractivity contribution is 0.0789. The lowest BCUT2D eigenvalue weighted by Gasteiger charge is -2.17. The normalized spacial score (nSPS) is 10.6. The van der Waals surface area contributed by atoms with Crippen molar-refractivity contribution < 1.29 is 14.0 Å². The molecular weight excluding hydrogens is 365 g/mol. The zero-order valence-corrected chi connectivity index (χ0v) is 15.7. The molecule has 0 unspecified atom stereocenters. The molecule has 2 N–H and O–H groups in total. The highest BCUT2D eigenvalue weighted by Crippen LogP contribution is 2.29. The van der Waals surface area contributed by atoms with Crippen molar-refractivity contribution in [3.63, 3.8) is 0 Å². The van der Waals surface area contributed by atoms with Gasteiger partial charge >= 0.3 is 0 Å². The average Bonchev–Trinajstić information content (AvgIpc) is 3.03. The van der Waals surface area contributed by atoms with Gasteiger partial charge < -0.3 is 10.6 Å². The van der Waals surface area contributed by atoms with Crippen molar-refractivity contribution in [2.45, 2.75) is 13.5 Å². The number of rotatable bonds is 5. The number of hydrogen-bond donors (Lipinski definition) is 1. The molecule has 0 radical (unpaired) electrons. The summed E-state index contributed by atoms with van der Waals surface area (Å²) in [6.07, 6.45) is 0. The molecular formula is C20H18FN3O2S. The van der Waals surface area contributed by atoms with E-state index in [9.17, 15) is 14.0 Å². The zero-order chi connectivity index (χ0) is 19.6. The molecule has 1 aromatic heterocycles. The number of carbonyl (C=O) groups excluding carboxylic acids is 2. The predicted molar refractivity (Wildman–Crippen MR) is 103 cm³/mol. The molecule has 3 aromatic rings. The fraction of sp³-hybridized carbons (Fsp3) is 0.150. The molecule has 27 heavy (non-hydrogen) atoms. The first kappa shape index (κ1) is 18.7. The maximum absolute atomic E-state index is 13.1. The summed E-state index contributed by atoms with van der Waals surface area (Å²) >= 11 is 1.27. The Bertz CT molecular complexity index is 999. The third-order valence-corrected chi connectivity index (χ3v) is 5.25. The van der Waals surface area contributed by atoms with Gasteiger partial charge in [-0.05, 0) is 48.9 Å². The van der Waals surface area contributed by atoms with Gasteiger partial charge in [0.05, 0.1) is 5.69 Å². The molecule has 0 fully saturated rings. The molecule has 138 valence electrons. The predicted octanol–water partition coefficient (Wildman–Crippen LogP) is 3.63. The summed E-state index contributed by atoms with van der Waals surface area (Å²) in [5, 5.41) is 0.667. The number of aryl methyl sites for hydroxylation is 1. The number of benzene rings is 2. The molecule has 2 aromatic carbocycles. The smallest absolute Gasteiger partial charge is 0.265 e. The Morgan fingerprint density at radius 3 is 2.56 bits per heavy atom. The number of aromatic nitrogens is 1. The van der Waals surface area contributed by atoms with Gasteiger partial charge in [-0.2, -0.15) is 0 Å². The molecule has 0 saturated heterocycles. The minimum Gasteiger partial charge on any atom is -0.366 e. The molecule has 3 rings (SSSR count). The van der Waals surface area contributed by atoms with Gasteiger partial charge in [-0.3, -0.25) is 9.59 Å². The summed E-state index contributed by atoms with van der Waals surface area (Å²) in [5.74, 6) is -0.989. The first-order valence-corrected chi connectivity index (χ1v) is 9.04. The topological polar surface area (TPSA) is 76.3 Å². The maximum Gasteiger partial charge on any atom is 0.265 e. The molecule has 0 aliphatic rings. The quantitative estimate of drug-likeness (QED) is 0.731. The van der Waals surface area contributed by atoms with Crippen LogP contribution in [0.5, 0.6) is 0 Å². The third-order valence-electron chi connectivity index (χ3n) is 4.06. The molecule has 2 amide bonds. The molecule has 7 heteroatoms. The van der Waals surface area contributed by atoms with E-state index in [1.807, 2.05) is 6.07 Å². The maximum atomic E-state index is 13.1. The zero-order valence-electron chi connectivity index (χ0n) is 14.9. The third kappa shape index (κ3) is 4.20. The second-order valence-corrected chi connectivity index (χ2v) is 7.17. The molecule has 0 aliphatic heterocycles. The van der Waals surface area contributed by atoms with E-state index >= 15 is 0 Å². The van der Waals surface area contributed by atoms with Crippen LogP contribution in [0.4, 0.5) is 4.39 Å². The van der Waals surface area contributed by atoms with Crippen LogP contribution in [0.25, 0.3) is 10.6 Å². The number of primary amides is 1. The van der Waals surface area contributed by atoms with E-state index in [1.54, 1.807) is 49.2 Å². The van der Waals surface area contributed by atoms with Crippen LogP contribution in [-0.4, -0.2) is 28.7 Å². The van der Waals surface area contributed by atoms with Crippen molar-refractivity contribution in [2.24, 2.45) is 5.73 Å². The number of nitrogens with zero attached hydrogens (tertiary/aromatic N) is 2. The lowest BCUT2D eigenvalue weighted by atomic mass is 10.1. The number of thiazole rings is 1.